The van der Waals surface area contributed by atoms with Crippen LogP contribution in [-0.2, 0) is 27.4 Å². The van der Waals surface area contributed by atoms with Crippen LogP contribution in [0.25, 0.3) is 105 Å². The third-order valence-corrected chi connectivity index (χ3v) is 31.3. The second-order valence-corrected chi connectivity index (χ2v) is 42.4. The summed E-state index contributed by atoms with van der Waals surface area (Å²) in [5.74, 6) is 3.73. The highest BCUT2D eigenvalue weighted by Crippen LogP contribution is 2.41. The molecule has 5 atom stereocenters. The largest absolute Gasteiger partial charge is 0.373 e. The maximum absolute atomic E-state index is 11.8. The van der Waals surface area contributed by atoms with E-state index in [-0.39, 0.29) is 35.4 Å². The smallest absolute Gasteiger partial charge is 0.323 e. The van der Waals surface area contributed by atoms with Crippen molar-refractivity contribution in [1.82, 2.24) is 114 Å². The summed E-state index contributed by atoms with van der Waals surface area (Å²) >= 11 is 7.17. The van der Waals surface area contributed by atoms with Gasteiger partial charge in [0.15, 0.2) is 22.6 Å². The van der Waals surface area contributed by atoms with E-state index in [2.05, 4.69) is 235 Å². The van der Waals surface area contributed by atoms with Gasteiger partial charge in [-0.25, -0.2) is 29.5 Å². The number of likely N-dealkylation sites (tertiary alicyclic amines) is 2. The molecule has 19 heterocycles. The highest BCUT2D eigenvalue weighted by molar-refractivity contribution is 7.11. The summed E-state index contributed by atoms with van der Waals surface area (Å²) in [5.41, 5.74) is 17.2. The lowest BCUT2D eigenvalue weighted by molar-refractivity contribution is -0.119. The zero-order chi connectivity index (χ0) is 94.0. The van der Waals surface area contributed by atoms with Gasteiger partial charge in [-0.15, -0.1) is 45.3 Å². The third-order valence-electron chi connectivity index (χ3n) is 27.2. The molecule has 10 aliphatic rings. The minimum Gasteiger partial charge on any atom is -0.373 e. The van der Waals surface area contributed by atoms with Crippen molar-refractivity contribution in [3.63, 3.8) is 0 Å². The summed E-state index contributed by atoms with van der Waals surface area (Å²) in [4.78, 5) is 93.2. The van der Waals surface area contributed by atoms with Gasteiger partial charge in [0, 0.05) is 209 Å². The molecular formula is C101H117N27O5S4. The Morgan fingerprint density at radius 2 is 0.839 bits per heavy atom. The first-order valence-electron chi connectivity index (χ1n) is 48.0. The van der Waals surface area contributed by atoms with Crippen LogP contribution in [0.4, 0.5) is 23.3 Å². The molecule has 10 fully saturated rings. The zero-order valence-corrected chi connectivity index (χ0v) is 81.4. The molecule has 36 heteroatoms. The molecule has 0 bridgehead atoms. The molecule has 14 aromatic heterocycles. The molecule has 5 saturated carbocycles. The maximum atomic E-state index is 11.8. The highest BCUT2D eigenvalue weighted by Gasteiger charge is 2.34. The van der Waals surface area contributed by atoms with E-state index >= 15 is 0 Å². The topological polar surface area (TPSA) is 359 Å². The van der Waals surface area contributed by atoms with E-state index in [1.807, 2.05) is 54.8 Å². The van der Waals surface area contributed by atoms with Gasteiger partial charge in [0.1, 0.15) is 23.3 Å². The predicted octanol–water partition coefficient (Wildman–Crippen LogP) is 13.0. The minimum atomic E-state index is -0.281. The van der Waals surface area contributed by atoms with E-state index in [9.17, 15) is 19.2 Å². The summed E-state index contributed by atoms with van der Waals surface area (Å²) in [7, 11) is 4.34. The average Bonchev–Trinajstić information content (AvgIpc) is 1.63. The highest BCUT2D eigenvalue weighted by atomic mass is 32.1. The number of thiophene rings is 4. The zero-order valence-electron chi connectivity index (χ0n) is 78.2. The number of imidazole rings is 2. The fourth-order valence-electron chi connectivity index (χ4n) is 18.9. The number of hydrogen-bond acceptors (Lipinski definition) is 26. The number of morpholine rings is 1. The van der Waals surface area contributed by atoms with Crippen molar-refractivity contribution in [2.24, 2.45) is 0 Å². The number of amides is 2. The number of aromatic amines is 4. The lowest BCUT2D eigenvalue weighted by Crippen LogP contribution is -2.46. The number of nitrogens with zero attached hydrogens (tertiary/aromatic N) is 16. The van der Waals surface area contributed by atoms with Crippen molar-refractivity contribution in [2.45, 2.75) is 210 Å². The second kappa shape index (κ2) is 38.9. The molecule has 0 radical (unpaired) electrons. The lowest BCUT2D eigenvalue weighted by atomic mass is 10.1. The van der Waals surface area contributed by atoms with E-state index in [1.54, 1.807) is 57.7 Å². The number of ether oxygens (including phenoxy) is 1. The van der Waals surface area contributed by atoms with E-state index < -0.39 is 0 Å². The molecule has 710 valence electrons. The number of carbonyl (C=O) groups excluding carboxylic acids is 2. The van der Waals surface area contributed by atoms with Gasteiger partial charge in [-0.3, -0.25) is 24.3 Å². The lowest BCUT2D eigenvalue weighted by Gasteiger charge is -2.38. The Kier molecular flexibility index (Phi) is 25.9. The molecule has 32 nitrogen and oxygen atoms in total. The van der Waals surface area contributed by atoms with Gasteiger partial charge >= 0.3 is 11.4 Å². The van der Waals surface area contributed by atoms with Crippen molar-refractivity contribution in [3.8, 4) is 45.0 Å². The summed E-state index contributed by atoms with van der Waals surface area (Å²) in [6.07, 6.45) is 34.5. The Morgan fingerprint density at radius 1 is 0.453 bits per heavy atom. The van der Waals surface area contributed by atoms with Crippen molar-refractivity contribution >= 4 is 140 Å². The van der Waals surface area contributed by atoms with Gasteiger partial charge < -0.3 is 66.8 Å². The number of fused-ring (bicyclic) bond motifs is 4. The molecule has 5 aliphatic heterocycles. The number of aromatic nitrogens is 16. The van der Waals surface area contributed by atoms with Gasteiger partial charge in [0.25, 0.3) is 0 Å². The molecule has 5 saturated heterocycles. The van der Waals surface area contributed by atoms with Crippen LogP contribution in [0.2, 0.25) is 0 Å². The standard InChI is InChI=1S/C26H31N7O2S.C26H31N7OS.C25H28N6OS.C24H27N7OS/c1-14-11-32(12-15(2)35-14)17(4)23-8-19(13-36-23)22-9-24(29-20-5-6-20)33-25(30-22)18(10-27-33)7-21-16(3)28-26(34)31-21;1-16-17(10-25(34)28-16)8-18-12-27-33-24(29-20-4-5-20)11-23(30-26(18)33)19-9-22(35-15-19)14-32-7-6-21(13-32)31(2)3;1-15-16(10-24(32)28-15)8-17-12-27-31-23(29-20-6-7-20)11-22(30-25(17)31)18-9-21(33-14-18)13-26-19-4-2-3-5-19;1-14-19(29-24(32)26-14)9-16-12-25-31-22(27-18-5-6-18)11-20(28-23(16)31)17-10-21(33-13-17)15(2)30-7-3-4-8-30/h7-10,13-15,17,20,29H,3,5-6,11-12H2,1-2,4H3,(H2,28,31,34);8-9,11-12,15,20-21,29H,1,4-7,10,13-14H2,2-3H3,(H,28,34);8-9,11-12,14,19-20,26,29H,1-7,10,13H2,(H,28,32);9-13,15,18,27H,1,3-8H2,2H3,(H2,26,29,32)/b21-7-;17-8+;16-8+;19-9-. The van der Waals surface area contributed by atoms with Crippen LogP contribution < -0.4 is 70.0 Å². The van der Waals surface area contributed by atoms with E-state index in [0.29, 0.717) is 94.0 Å². The van der Waals surface area contributed by atoms with Crippen LogP contribution in [-0.4, -0.2) is 212 Å². The number of nitrogens with one attached hydrogen (secondary N) is 11. The molecule has 137 heavy (non-hydrogen) atoms. The number of hydrogen-bond donors (Lipinski definition) is 11. The van der Waals surface area contributed by atoms with Gasteiger partial charge in [-0.2, -0.15) is 38.5 Å². The molecule has 0 aromatic carbocycles. The Balaban J connectivity index is 0.000000109. The first-order chi connectivity index (χ1) is 66.4. The number of allylic oxidation sites excluding steroid dienone is 2. The second-order valence-electron chi connectivity index (χ2n) is 38.5. The SMILES string of the molecule is C=C1NC(=O)C/C1=C\c1cnn2c(NC3CC3)cc(-c3csc(CN4CCC(N(C)C)C4)c3)nc12.C=C1NC(=O)C/C1=C\c1cnn2c(NC3CC3)cc(-c3csc(CNC4CCCC4)c3)nc12.C=c1[nH]c(=O)[nH]/c1=C\c1cnn2c(NC3CC3)cc(-c3csc(C(C)N4CC(C)OC(C)C4)c3)nc12.C=c1[nH]c(=O)[nH]/c1=C\c1cnn2c(NC3CC3)cc(-c3csc(C(C)N4CCCC4)c3)nc12. The van der Waals surface area contributed by atoms with Crippen LogP contribution in [0.1, 0.15) is 191 Å². The molecule has 2 amide bonds. The van der Waals surface area contributed by atoms with Crippen LogP contribution in [0.5, 0.6) is 0 Å². The molecule has 5 aliphatic carbocycles. The number of likely N-dealkylation sites (N-methyl/N-ethyl adjacent to an activating group) is 1. The quantitative estimate of drug-likeness (QED) is 0.0240. The van der Waals surface area contributed by atoms with Crippen molar-refractivity contribution in [3.05, 3.63) is 215 Å². The Hall–Kier alpha value is -12.4. The summed E-state index contributed by atoms with van der Waals surface area (Å²) in [6, 6.07) is 21.5. The van der Waals surface area contributed by atoms with Crippen molar-refractivity contribution < 1.29 is 14.3 Å². The first kappa shape index (κ1) is 91.1. The molecule has 24 rings (SSSR count). The van der Waals surface area contributed by atoms with Crippen molar-refractivity contribution in [1.29, 1.82) is 0 Å². The first-order valence-corrected chi connectivity index (χ1v) is 51.5. The van der Waals surface area contributed by atoms with Crippen LogP contribution in [0.3, 0.4) is 0 Å². The Bertz CT molecular complexity index is 7370. The van der Waals surface area contributed by atoms with Gasteiger partial charge in [-0.05, 0) is 198 Å². The van der Waals surface area contributed by atoms with Gasteiger partial charge in [-0.1, -0.05) is 39.2 Å². The summed E-state index contributed by atoms with van der Waals surface area (Å²) in [6.45, 7) is 33.0. The average molecular weight is 1920 g/mol. The van der Waals surface area contributed by atoms with Crippen molar-refractivity contribution in [2.75, 3.05) is 74.6 Å². The normalized spacial score (nSPS) is 20.9. The van der Waals surface area contributed by atoms with Crippen LogP contribution in [0, 0.1) is 0 Å². The number of carbonyl (C=O) groups is 2. The minimum absolute atomic E-state index is 0.0236. The van der Waals surface area contributed by atoms with E-state index in [1.165, 1.54) is 116 Å². The summed E-state index contributed by atoms with van der Waals surface area (Å²) in [5, 5.41) is 53.3. The fraction of sp³-hybridized carbons (Fsp3) is 0.406. The predicted molar refractivity (Wildman–Crippen MR) is 547 cm³/mol. The van der Waals surface area contributed by atoms with Gasteiger partial charge in [0.05, 0.1) is 94.0 Å². The third kappa shape index (κ3) is 20.9. The maximum Gasteiger partial charge on any atom is 0.323 e. The molecule has 0 spiro atoms. The Morgan fingerprint density at radius 3 is 1.22 bits per heavy atom. The number of rotatable bonds is 26. The monoisotopic (exact) mass is 1920 g/mol. The summed E-state index contributed by atoms with van der Waals surface area (Å²) < 4.78 is 13.4. The number of anilines is 4. The molecule has 5 unspecified atom stereocenters. The van der Waals surface area contributed by atoms with Crippen LogP contribution >= 0.6 is 45.3 Å². The number of H-pyrrole nitrogens is 4. The van der Waals surface area contributed by atoms with E-state index in [0.717, 1.165) is 176 Å². The Labute approximate surface area is 808 Å². The van der Waals surface area contributed by atoms with E-state index in [4.69, 9.17) is 24.7 Å². The molecule has 14 aromatic rings. The molecular weight excluding hydrogens is 1800 g/mol. The van der Waals surface area contributed by atoms with Gasteiger partial charge in [0.2, 0.25) is 11.8 Å². The molecule has 11 N–H and O–H groups in total. The van der Waals surface area contributed by atoms with Crippen LogP contribution in [0.15, 0.2) is 140 Å². The fourth-order valence-corrected chi connectivity index (χ4v) is 22.6.